The lowest BCUT2D eigenvalue weighted by molar-refractivity contribution is 0.102. The Morgan fingerprint density at radius 1 is 1.22 bits per heavy atom. The molecule has 9 heteroatoms. The van der Waals surface area contributed by atoms with Gasteiger partial charge in [-0.1, -0.05) is 17.4 Å². The lowest BCUT2D eigenvalue weighted by atomic mass is 10.2. The van der Waals surface area contributed by atoms with E-state index < -0.39 is 0 Å². The number of carbonyl (C=O) groups excluding carboxylic acids is 1. The first kappa shape index (κ1) is 17.1. The Labute approximate surface area is 158 Å². The molecule has 0 aliphatic heterocycles. The maximum Gasteiger partial charge on any atom is 0.257 e. The van der Waals surface area contributed by atoms with E-state index in [1.54, 1.807) is 28.9 Å². The number of thiazole rings is 1. The number of nitrogens with zero attached hydrogens (tertiary/aromatic N) is 5. The normalized spacial score (nSPS) is 10.9. The third-order valence-corrected chi connectivity index (χ3v) is 4.84. The third kappa shape index (κ3) is 3.36. The van der Waals surface area contributed by atoms with Gasteiger partial charge < -0.3 is 4.74 Å². The SMILES string of the molecule is CCOc1cccc2sc(NC(=O)c3ccc(-n4nnnc4C)cc3)nc12. The van der Waals surface area contributed by atoms with Crippen molar-refractivity contribution in [1.82, 2.24) is 25.2 Å². The van der Waals surface area contributed by atoms with Crippen LogP contribution in [0.1, 0.15) is 23.1 Å². The number of anilines is 1. The van der Waals surface area contributed by atoms with E-state index >= 15 is 0 Å². The fraction of sp³-hybridized carbons (Fsp3) is 0.167. The summed E-state index contributed by atoms with van der Waals surface area (Å²) in [5.74, 6) is 1.16. The van der Waals surface area contributed by atoms with Gasteiger partial charge in [-0.25, -0.2) is 4.98 Å². The molecule has 0 unspecified atom stereocenters. The summed E-state index contributed by atoms with van der Waals surface area (Å²) in [6.07, 6.45) is 0. The van der Waals surface area contributed by atoms with Crippen LogP contribution in [0.2, 0.25) is 0 Å². The van der Waals surface area contributed by atoms with Crippen molar-refractivity contribution in [1.29, 1.82) is 0 Å². The van der Waals surface area contributed by atoms with Crippen molar-refractivity contribution in [3.63, 3.8) is 0 Å². The molecule has 27 heavy (non-hydrogen) atoms. The predicted octanol–water partition coefficient (Wildman–Crippen LogP) is 3.23. The van der Waals surface area contributed by atoms with Gasteiger partial charge in [0.2, 0.25) is 0 Å². The van der Waals surface area contributed by atoms with E-state index in [0.717, 1.165) is 15.9 Å². The maximum atomic E-state index is 12.5. The minimum atomic E-state index is -0.230. The molecule has 8 nitrogen and oxygen atoms in total. The molecule has 0 spiro atoms. The van der Waals surface area contributed by atoms with Crippen LogP contribution in [0, 0.1) is 6.92 Å². The third-order valence-electron chi connectivity index (χ3n) is 3.90. The number of fused-ring (bicyclic) bond motifs is 1. The summed E-state index contributed by atoms with van der Waals surface area (Å²) < 4.78 is 8.15. The van der Waals surface area contributed by atoms with Crippen molar-refractivity contribution in [2.24, 2.45) is 0 Å². The summed E-state index contributed by atoms with van der Waals surface area (Å²) in [6.45, 7) is 4.30. The molecule has 1 amide bonds. The van der Waals surface area contributed by atoms with Crippen molar-refractivity contribution < 1.29 is 9.53 Å². The van der Waals surface area contributed by atoms with Gasteiger partial charge in [-0.3, -0.25) is 10.1 Å². The summed E-state index contributed by atoms with van der Waals surface area (Å²) in [7, 11) is 0. The highest BCUT2D eigenvalue weighted by Gasteiger charge is 2.13. The quantitative estimate of drug-likeness (QED) is 0.571. The molecule has 4 aromatic rings. The monoisotopic (exact) mass is 380 g/mol. The van der Waals surface area contributed by atoms with Gasteiger partial charge in [0.25, 0.3) is 5.91 Å². The molecule has 136 valence electrons. The van der Waals surface area contributed by atoms with Gasteiger partial charge in [0, 0.05) is 5.56 Å². The number of amides is 1. The molecule has 0 saturated heterocycles. The van der Waals surface area contributed by atoms with Crippen LogP contribution in [0.4, 0.5) is 5.13 Å². The highest BCUT2D eigenvalue weighted by atomic mass is 32.1. The van der Waals surface area contributed by atoms with E-state index in [9.17, 15) is 4.79 Å². The highest BCUT2D eigenvalue weighted by Crippen LogP contribution is 2.32. The lowest BCUT2D eigenvalue weighted by Crippen LogP contribution is -2.11. The Kier molecular flexibility index (Phi) is 4.51. The fourth-order valence-electron chi connectivity index (χ4n) is 2.64. The molecule has 0 aliphatic carbocycles. The van der Waals surface area contributed by atoms with Crippen LogP contribution in [0.5, 0.6) is 5.75 Å². The number of tetrazole rings is 1. The summed E-state index contributed by atoms with van der Waals surface area (Å²) in [4.78, 5) is 17.0. The van der Waals surface area contributed by atoms with Crippen LogP contribution >= 0.6 is 11.3 Å². The van der Waals surface area contributed by atoms with E-state index in [1.807, 2.05) is 32.0 Å². The first-order valence-electron chi connectivity index (χ1n) is 8.35. The Morgan fingerprint density at radius 3 is 2.74 bits per heavy atom. The average molecular weight is 380 g/mol. The predicted molar refractivity (Wildman–Crippen MR) is 103 cm³/mol. The number of ether oxygens (including phenoxy) is 1. The van der Waals surface area contributed by atoms with Crippen molar-refractivity contribution in [2.75, 3.05) is 11.9 Å². The zero-order chi connectivity index (χ0) is 18.8. The molecular formula is C18H16N6O2S. The number of benzene rings is 2. The van der Waals surface area contributed by atoms with Crippen LogP contribution in [0.25, 0.3) is 15.9 Å². The topological polar surface area (TPSA) is 94.8 Å². The minimum absolute atomic E-state index is 0.230. The van der Waals surface area contributed by atoms with E-state index in [4.69, 9.17) is 4.74 Å². The van der Waals surface area contributed by atoms with E-state index in [2.05, 4.69) is 25.8 Å². The fourth-order valence-corrected chi connectivity index (χ4v) is 3.52. The number of para-hydroxylation sites is 1. The van der Waals surface area contributed by atoms with Crippen molar-refractivity contribution in [2.45, 2.75) is 13.8 Å². The average Bonchev–Trinajstić information content (AvgIpc) is 3.28. The van der Waals surface area contributed by atoms with Crippen molar-refractivity contribution >= 4 is 32.6 Å². The molecule has 0 saturated carbocycles. The van der Waals surface area contributed by atoms with Gasteiger partial charge in [0.15, 0.2) is 11.0 Å². The Hall–Kier alpha value is -3.33. The molecule has 0 bridgehead atoms. The van der Waals surface area contributed by atoms with Crippen LogP contribution in [0.3, 0.4) is 0 Å². The number of hydrogen-bond acceptors (Lipinski definition) is 7. The molecule has 0 aliphatic rings. The molecule has 0 atom stereocenters. The molecular weight excluding hydrogens is 364 g/mol. The standard InChI is InChI=1S/C18H16N6O2S/c1-3-26-14-5-4-6-15-16(14)19-18(27-15)20-17(25)12-7-9-13(10-8-12)24-11(2)21-22-23-24/h4-10H,3H2,1-2H3,(H,19,20,25). The summed E-state index contributed by atoms with van der Waals surface area (Å²) in [5.41, 5.74) is 2.06. The molecule has 2 aromatic carbocycles. The zero-order valence-electron chi connectivity index (χ0n) is 14.7. The van der Waals surface area contributed by atoms with Gasteiger partial charge in [0.1, 0.15) is 11.3 Å². The van der Waals surface area contributed by atoms with Crippen molar-refractivity contribution in [3.05, 3.63) is 53.9 Å². The van der Waals surface area contributed by atoms with Crippen LogP contribution in [-0.4, -0.2) is 37.7 Å². The molecule has 2 heterocycles. The Bertz CT molecular complexity index is 1100. The molecule has 2 aromatic heterocycles. The molecule has 0 radical (unpaired) electrons. The van der Waals surface area contributed by atoms with E-state index in [0.29, 0.717) is 28.9 Å². The summed E-state index contributed by atoms with van der Waals surface area (Å²) in [5, 5.41) is 14.8. The Balaban J connectivity index is 1.54. The second-order valence-corrected chi connectivity index (χ2v) is 6.72. The second-order valence-electron chi connectivity index (χ2n) is 5.69. The molecule has 0 fully saturated rings. The minimum Gasteiger partial charge on any atom is -0.492 e. The highest BCUT2D eigenvalue weighted by molar-refractivity contribution is 7.22. The zero-order valence-corrected chi connectivity index (χ0v) is 15.5. The maximum absolute atomic E-state index is 12.5. The van der Waals surface area contributed by atoms with Gasteiger partial charge >= 0.3 is 0 Å². The van der Waals surface area contributed by atoms with Crippen LogP contribution in [0.15, 0.2) is 42.5 Å². The first-order valence-corrected chi connectivity index (χ1v) is 9.16. The van der Waals surface area contributed by atoms with E-state index in [1.165, 1.54) is 11.3 Å². The number of rotatable bonds is 5. The second kappa shape index (κ2) is 7.12. The number of carbonyl (C=O) groups is 1. The largest absolute Gasteiger partial charge is 0.492 e. The van der Waals surface area contributed by atoms with Crippen LogP contribution in [-0.2, 0) is 0 Å². The molecule has 4 rings (SSSR count). The smallest absolute Gasteiger partial charge is 0.257 e. The van der Waals surface area contributed by atoms with Gasteiger partial charge in [-0.05, 0) is 60.7 Å². The number of hydrogen-bond donors (Lipinski definition) is 1. The Morgan fingerprint density at radius 2 is 2.04 bits per heavy atom. The van der Waals surface area contributed by atoms with Crippen molar-refractivity contribution in [3.8, 4) is 11.4 Å². The van der Waals surface area contributed by atoms with Gasteiger partial charge in [-0.15, -0.1) is 5.10 Å². The van der Waals surface area contributed by atoms with Gasteiger partial charge in [0.05, 0.1) is 17.0 Å². The van der Waals surface area contributed by atoms with Crippen LogP contribution < -0.4 is 10.1 Å². The van der Waals surface area contributed by atoms with Gasteiger partial charge in [-0.2, -0.15) is 4.68 Å². The number of nitrogens with one attached hydrogen (secondary N) is 1. The first-order chi connectivity index (χ1) is 13.2. The molecule has 1 N–H and O–H groups in total. The summed E-state index contributed by atoms with van der Waals surface area (Å²) >= 11 is 1.41. The number of aromatic nitrogens is 5. The van der Waals surface area contributed by atoms with E-state index in [-0.39, 0.29) is 5.91 Å². The number of aryl methyl sites for hydroxylation is 1. The lowest BCUT2D eigenvalue weighted by Gasteiger charge is -2.04. The summed E-state index contributed by atoms with van der Waals surface area (Å²) in [6, 6.07) is 12.8.